The Morgan fingerprint density at radius 1 is 1.00 bits per heavy atom. The van der Waals surface area contributed by atoms with E-state index >= 15 is 0 Å². The molecule has 0 saturated heterocycles. The molecule has 0 aliphatic rings. The van der Waals surface area contributed by atoms with Gasteiger partial charge < -0.3 is 11.1 Å². The number of rotatable bonds is 2. The summed E-state index contributed by atoms with van der Waals surface area (Å²) in [5.74, 6) is -0.389. The predicted octanol–water partition coefficient (Wildman–Crippen LogP) is 4.77. The fourth-order valence-corrected chi connectivity index (χ4v) is 2.20. The first-order valence-electron chi connectivity index (χ1n) is 5.46. The third kappa shape index (κ3) is 3.33. The van der Waals surface area contributed by atoms with Crippen molar-refractivity contribution in [1.29, 1.82) is 0 Å². The molecule has 2 rings (SSSR count). The van der Waals surface area contributed by atoms with Crippen molar-refractivity contribution in [1.82, 2.24) is 0 Å². The SMILES string of the molecule is Nc1cc(C(F)(F)F)ccc1Nc1ccc(F)cc1I. The van der Waals surface area contributed by atoms with Gasteiger partial charge in [-0.2, -0.15) is 13.2 Å². The van der Waals surface area contributed by atoms with Gasteiger partial charge in [0.2, 0.25) is 0 Å². The molecule has 0 atom stereocenters. The molecular formula is C13H9F4IN2. The normalized spacial score (nSPS) is 11.4. The fourth-order valence-electron chi connectivity index (χ4n) is 1.59. The highest BCUT2D eigenvalue weighted by Gasteiger charge is 2.30. The first-order chi connectivity index (χ1) is 9.27. The van der Waals surface area contributed by atoms with E-state index in [2.05, 4.69) is 5.32 Å². The van der Waals surface area contributed by atoms with Crippen molar-refractivity contribution in [3.8, 4) is 0 Å². The van der Waals surface area contributed by atoms with E-state index in [1.165, 1.54) is 24.3 Å². The van der Waals surface area contributed by atoms with E-state index in [9.17, 15) is 17.6 Å². The minimum Gasteiger partial charge on any atom is -0.397 e. The summed E-state index contributed by atoms with van der Waals surface area (Å²) in [6, 6.07) is 7.10. The van der Waals surface area contributed by atoms with E-state index in [1.807, 2.05) is 22.6 Å². The Kier molecular flexibility index (Phi) is 4.07. The third-order valence-electron chi connectivity index (χ3n) is 2.58. The Labute approximate surface area is 126 Å². The molecule has 0 spiro atoms. The van der Waals surface area contributed by atoms with Crippen LogP contribution in [0.2, 0.25) is 0 Å². The lowest BCUT2D eigenvalue weighted by Crippen LogP contribution is -2.07. The standard InChI is InChI=1S/C13H9F4IN2/c14-8-2-4-11(9(18)6-8)20-12-3-1-7(5-10(12)19)13(15,16)17/h1-6,20H,19H2. The molecule has 20 heavy (non-hydrogen) atoms. The zero-order valence-electron chi connectivity index (χ0n) is 9.93. The van der Waals surface area contributed by atoms with Gasteiger partial charge in [-0.15, -0.1) is 0 Å². The lowest BCUT2D eigenvalue weighted by molar-refractivity contribution is -0.137. The van der Waals surface area contributed by atoms with Crippen LogP contribution in [0, 0.1) is 9.39 Å². The molecule has 0 aliphatic heterocycles. The molecule has 0 unspecified atom stereocenters. The van der Waals surface area contributed by atoms with Gasteiger partial charge in [-0.1, -0.05) is 0 Å². The van der Waals surface area contributed by atoms with Gasteiger partial charge in [0.25, 0.3) is 0 Å². The minimum absolute atomic E-state index is 0.0278. The van der Waals surface area contributed by atoms with Crippen molar-refractivity contribution >= 4 is 39.7 Å². The van der Waals surface area contributed by atoms with E-state index in [0.29, 0.717) is 14.9 Å². The van der Waals surface area contributed by atoms with Crippen LogP contribution in [0.5, 0.6) is 0 Å². The van der Waals surface area contributed by atoms with Crippen LogP contribution in [0.1, 0.15) is 5.56 Å². The number of benzene rings is 2. The Bertz CT molecular complexity index is 641. The summed E-state index contributed by atoms with van der Waals surface area (Å²) < 4.78 is 51.1. The number of nitrogens with two attached hydrogens (primary N) is 1. The maximum atomic E-state index is 13.0. The Balaban J connectivity index is 2.30. The Morgan fingerprint density at radius 2 is 1.65 bits per heavy atom. The molecule has 0 aliphatic carbocycles. The number of halogens is 5. The van der Waals surface area contributed by atoms with Crippen LogP contribution in [-0.2, 0) is 6.18 Å². The zero-order valence-corrected chi connectivity index (χ0v) is 12.1. The summed E-state index contributed by atoms with van der Waals surface area (Å²) in [6.45, 7) is 0. The second-order valence-corrected chi connectivity index (χ2v) is 5.21. The Morgan fingerprint density at radius 3 is 2.20 bits per heavy atom. The molecule has 7 heteroatoms. The zero-order chi connectivity index (χ0) is 14.9. The van der Waals surface area contributed by atoms with Crippen LogP contribution in [0.3, 0.4) is 0 Å². The van der Waals surface area contributed by atoms with Gasteiger partial charge in [0.15, 0.2) is 0 Å². The number of hydrogen-bond acceptors (Lipinski definition) is 2. The summed E-state index contributed by atoms with van der Waals surface area (Å²) in [4.78, 5) is 0. The van der Waals surface area contributed by atoms with Gasteiger partial charge in [-0.05, 0) is 59.0 Å². The maximum absolute atomic E-state index is 13.0. The summed E-state index contributed by atoms with van der Waals surface area (Å²) in [7, 11) is 0. The van der Waals surface area contributed by atoms with Crippen molar-refractivity contribution in [3.05, 3.63) is 51.3 Å². The van der Waals surface area contributed by atoms with Crippen molar-refractivity contribution in [2.24, 2.45) is 0 Å². The number of alkyl halides is 3. The van der Waals surface area contributed by atoms with Crippen LogP contribution in [0.4, 0.5) is 34.6 Å². The van der Waals surface area contributed by atoms with Crippen molar-refractivity contribution in [2.45, 2.75) is 6.18 Å². The molecule has 106 valence electrons. The molecule has 0 amide bonds. The lowest BCUT2D eigenvalue weighted by atomic mass is 10.1. The molecule has 0 saturated carbocycles. The van der Waals surface area contributed by atoms with Crippen LogP contribution in [0.25, 0.3) is 0 Å². The molecule has 0 fully saturated rings. The second-order valence-electron chi connectivity index (χ2n) is 4.05. The third-order valence-corrected chi connectivity index (χ3v) is 3.47. The first-order valence-corrected chi connectivity index (χ1v) is 6.54. The average molecular weight is 396 g/mol. The van der Waals surface area contributed by atoms with Gasteiger partial charge in [-0.3, -0.25) is 0 Å². The first kappa shape index (κ1) is 14.9. The van der Waals surface area contributed by atoms with Crippen molar-refractivity contribution in [3.63, 3.8) is 0 Å². The number of nitrogen functional groups attached to an aromatic ring is 1. The fraction of sp³-hybridized carbons (Fsp3) is 0.0769. The van der Waals surface area contributed by atoms with Gasteiger partial charge in [0, 0.05) is 3.57 Å². The lowest BCUT2D eigenvalue weighted by Gasteiger charge is -2.13. The molecule has 0 radical (unpaired) electrons. The molecule has 0 aromatic heterocycles. The molecule has 2 nitrogen and oxygen atoms in total. The van der Waals surface area contributed by atoms with Gasteiger partial charge in [-0.25, -0.2) is 4.39 Å². The molecule has 2 aromatic carbocycles. The van der Waals surface area contributed by atoms with Crippen LogP contribution in [0.15, 0.2) is 36.4 Å². The number of anilines is 3. The molecular weight excluding hydrogens is 387 g/mol. The largest absolute Gasteiger partial charge is 0.416 e. The van der Waals surface area contributed by atoms with E-state index in [4.69, 9.17) is 5.73 Å². The summed E-state index contributed by atoms with van der Waals surface area (Å²) >= 11 is 1.92. The molecule has 0 heterocycles. The van der Waals surface area contributed by atoms with E-state index in [-0.39, 0.29) is 11.5 Å². The van der Waals surface area contributed by atoms with Gasteiger partial charge >= 0.3 is 6.18 Å². The van der Waals surface area contributed by atoms with E-state index < -0.39 is 11.7 Å². The molecule has 0 bridgehead atoms. The number of nitrogens with one attached hydrogen (secondary N) is 1. The second kappa shape index (κ2) is 5.47. The predicted molar refractivity (Wildman–Crippen MR) is 78.3 cm³/mol. The van der Waals surface area contributed by atoms with Crippen LogP contribution < -0.4 is 11.1 Å². The summed E-state index contributed by atoms with van der Waals surface area (Å²) in [5, 5.41) is 2.88. The van der Waals surface area contributed by atoms with Gasteiger partial charge in [0.05, 0.1) is 22.6 Å². The topological polar surface area (TPSA) is 38.0 Å². The van der Waals surface area contributed by atoms with Crippen molar-refractivity contribution < 1.29 is 17.6 Å². The van der Waals surface area contributed by atoms with Crippen molar-refractivity contribution in [2.75, 3.05) is 11.1 Å². The highest BCUT2D eigenvalue weighted by atomic mass is 127. The van der Waals surface area contributed by atoms with E-state index in [1.54, 1.807) is 0 Å². The number of hydrogen-bond donors (Lipinski definition) is 2. The highest BCUT2D eigenvalue weighted by molar-refractivity contribution is 14.1. The van der Waals surface area contributed by atoms with Crippen LogP contribution >= 0.6 is 22.6 Å². The minimum atomic E-state index is -4.43. The smallest absolute Gasteiger partial charge is 0.397 e. The summed E-state index contributed by atoms with van der Waals surface area (Å²) in [5.41, 5.74) is 5.67. The molecule has 2 aromatic rings. The quantitative estimate of drug-likeness (QED) is 0.436. The monoisotopic (exact) mass is 396 g/mol. The van der Waals surface area contributed by atoms with Gasteiger partial charge in [0.1, 0.15) is 5.82 Å². The van der Waals surface area contributed by atoms with E-state index in [0.717, 1.165) is 12.1 Å². The van der Waals surface area contributed by atoms with Crippen LogP contribution in [-0.4, -0.2) is 0 Å². The summed E-state index contributed by atoms with van der Waals surface area (Å²) in [6.07, 6.45) is -4.43. The Hall–Kier alpha value is -1.51. The maximum Gasteiger partial charge on any atom is 0.416 e. The highest BCUT2D eigenvalue weighted by Crippen LogP contribution is 2.34. The molecule has 3 N–H and O–H groups in total. The average Bonchev–Trinajstić information content (AvgIpc) is 2.33.